The molecule has 0 amide bonds. The Hall–Kier alpha value is -1.43. The topological polar surface area (TPSA) is 83.5 Å². The van der Waals surface area contributed by atoms with E-state index in [2.05, 4.69) is 0 Å². The molecule has 6 heteroatoms. The molecule has 0 spiro atoms. The number of nitrogens with zero attached hydrogens (tertiary/aromatic N) is 1. The van der Waals surface area contributed by atoms with Gasteiger partial charge in [0.25, 0.3) is 0 Å². The van der Waals surface area contributed by atoms with Crippen molar-refractivity contribution in [3.8, 4) is 0 Å². The second-order valence-corrected chi connectivity index (χ2v) is 5.75. The van der Waals surface area contributed by atoms with Crippen LogP contribution in [-0.2, 0) is 19.1 Å². The summed E-state index contributed by atoms with van der Waals surface area (Å²) < 4.78 is 5.68. The second kappa shape index (κ2) is 7.89. The van der Waals surface area contributed by atoms with Crippen LogP contribution in [0.4, 0.5) is 0 Å². The number of ether oxygens (including phenoxy) is 1. The van der Waals surface area contributed by atoms with Crippen LogP contribution in [-0.4, -0.2) is 56.5 Å². The third-order valence-corrected chi connectivity index (χ3v) is 2.55. The van der Waals surface area contributed by atoms with Crippen LogP contribution in [0.15, 0.2) is 0 Å². The maximum atomic E-state index is 11.8. The van der Waals surface area contributed by atoms with Crippen LogP contribution in [0, 0.1) is 5.92 Å². The van der Waals surface area contributed by atoms with Crippen LogP contribution in [0.1, 0.15) is 26.2 Å². The first-order valence-corrected chi connectivity index (χ1v) is 6.30. The number of carbonyl (C=O) groups excluding carboxylic acids is 3. The Labute approximate surface area is 113 Å². The highest BCUT2D eigenvalue weighted by atomic mass is 16.5. The number of aldehydes is 1. The van der Waals surface area contributed by atoms with Crippen molar-refractivity contribution in [1.82, 2.24) is 0 Å². The number of aliphatic carboxylic acids is 1. The molecular formula is C13H23NO5. The third kappa shape index (κ3) is 9.18. The van der Waals surface area contributed by atoms with Gasteiger partial charge in [0.2, 0.25) is 0 Å². The molecule has 0 rings (SSSR count). The van der Waals surface area contributed by atoms with Crippen LogP contribution in [0.5, 0.6) is 0 Å². The molecule has 0 heterocycles. The third-order valence-electron chi connectivity index (χ3n) is 2.55. The van der Waals surface area contributed by atoms with Gasteiger partial charge in [0.05, 0.1) is 27.1 Å². The Balaban J connectivity index is 4.49. The van der Waals surface area contributed by atoms with E-state index in [0.29, 0.717) is 17.4 Å². The fraction of sp³-hybridized carbons (Fsp3) is 0.769. The molecule has 0 saturated carbocycles. The fourth-order valence-corrected chi connectivity index (χ4v) is 1.66. The molecule has 0 aliphatic carbocycles. The van der Waals surface area contributed by atoms with Crippen LogP contribution < -0.4 is 5.11 Å². The van der Waals surface area contributed by atoms with Gasteiger partial charge in [-0.1, -0.05) is 6.92 Å². The van der Waals surface area contributed by atoms with E-state index in [4.69, 9.17) is 4.74 Å². The maximum Gasteiger partial charge on any atom is 0.309 e. The quantitative estimate of drug-likeness (QED) is 0.317. The predicted molar refractivity (Wildman–Crippen MR) is 66.9 cm³/mol. The van der Waals surface area contributed by atoms with E-state index in [0.717, 1.165) is 6.29 Å². The lowest BCUT2D eigenvalue weighted by Gasteiger charge is -2.29. The minimum atomic E-state index is -1.24. The Morgan fingerprint density at radius 3 is 2.32 bits per heavy atom. The summed E-state index contributed by atoms with van der Waals surface area (Å²) in [5.74, 6) is -2.13. The monoisotopic (exact) mass is 273 g/mol. The lowest BCUT2D eigenvalue weighted by molar-refractivity contribution is -0.873. The van der Waals surface area contributed by atoms with Crippen molar-refractivity contribution >= 4 is 18.2 Å². The number of hydrogen-bond donors (Lipinski definition) is 0. The lowest BCUT2D eigenvalue weighted by Crippen LogP contribution is -2.45. The molecule has 19 heavy (non-hydrogen) atoms. The molecule has 0 bridgehead atoms. The van der Waals surface area contributed by atoms with Gasteiger partial charge < -0.3 is 23.9 Å². The van der Waals surface area contributed by atoms with Crippen LogP contribution in [0.2, 0.25) is 0 Å². The summed E-state index contributed by atoms with van der Waals surface area (Å²) in [6, 6.07) is 0. The average molecular weight is 273 g/mol. The van der Waals surface area contributed by atoms with Gasteiger partial charge in [0, 0.05) is 18.8 Å². The van der Waals surface area contributed by atoms with Gasteiger partial charge in [-0.15, -0.1) is 0 Å². The second-order valence-electron chi connectivity index (χ2n) is 5.75. The molecule has 0 aromatic rings. The van der Waals surface area contributed by atoms with Gasteiger partial charge in [-0.2, -0.15) is 0 Å². The largest absolute Gasteiger partial charge is 0.550 e. The molecule has 0 radical (unpaired) electrons. The van der Waals surface area contributed by atoms with Gasteiger partial charge in [-0.3, -0.25) is 4.79 Å². The molecule has 0 aliphatic rings. The number of hydrogen-bond acceptors (Lipinski definition) is 5. The van der Waals surface area contributed by atoms with Gasteiger partial charge in [0.1, 0.15) is 12.8 Å². The normalized spacial score (nSPS) is 14.5. The highest BCUT2D eigenvalue weighted by molar-refractivity contribution is 5.73. The van der Waals surface area contributed by atoms with Crippen molar-refractivity contribution < 1.29 is 28.7 Å². The van der Waals surface area contributed by atoms with E-state index in [1.165, 1.54) is 0 Å². The number of carboxylic acids is 1. The molecule has 2 unspecified atom stereocenters. The molecule has 6 nitrogen and oxygen atoms in total. The number of carboxylic acid groups (broad SMARTS) is 1. The van der Waals surface area contributed by atoms with Crippen LogP contribution >= 0.6 is 0 Å². The first kappa shape index (κ1) is 17.6. The van der Waals surface area contributed by atoms with Gasteiger partial charge in [0.15, 0.2) is 6.10 Å². The molecular weight excluding hydrogens is 250 g/mol. The number of rotatable bonds is 9. The maximum absolute atomic E-state index is 11.8. The minimum absolute atomic E-state index is 0.288. The number of quaternary nitrogens is 1. The van der Waals surface area contributed by atoms with E-state index >= 15 is 0 Å². The zero-order valence-electron chi connectivity index (χ0n) is 12.0. The van der Waals surface area contributed by atoms with E-state index in [9.17, 15) is 19.5 Å². The van der Waals surface area contributed by atoms with Crippen molar-refractivity contribution in [2.75, 3.05) is 27.7 Å². The number of likely N-dealkylation sites (N-methyl/N-ethyl adjacent to an activating group) is 1. The fourth-order valence-electron chi connectivity index (χ4n) is 1.66. The Morgan fingerprint density at radius 2 is 1.89 bits per heavy atom. The molecule has 0 N–H and O–H groups in total. The zero-order chi connectivity index (χ0) is 15.1. The molecule has 0 aliphatic heterocycles. The zero-order valence-corrected chi connectivity index (χ0v) is 12.0. The van der Waals surface area contributed by atoms with Crippen molar-refractivity contribution in [1.29, 1.82) is 0 Å². The standard InChI is InChI=1S/C13H23NO5/c1-10(6-5-7-15)13(18)19-11(8-12(16)17)9-14(2,3)4/h7,10-11H,5-6,8-9H2,1-4H3. The van der Waals surface area contributed by atoms with Crippen molar-refractivity contribution in [2.24, 2.45) is 5.92 Å². The summed E-state index contributed by atoms with van der Waals surface area (Å²) in [5, 5.41) is 10.7. The smallest absolute Gasteiger partial charge is 0.309 e. The van der Waals surface area contributed by atoms with Crippen LogP contribution in [0.3, 0.4) is 0 Å². The minimum Gasteiger partial charge on any atom is -0.550 e. The predicted octanol–water partition coefficient (Wildman–Crippen LogP) is -0.640. The first-order valence-electron chi connectivity index (χ1n) is 6.30. The Bertz CT molecular complexity index is 321. The van der Waals surface area contributed by atoms with Gasteiger partial charge >= 0.3 is 5.97 Å². The molecule has 0 saturated heterocycles. The Kier molecular flexibility index (Phi) is 7.29. The molecule has 0 aromatic carbocycles. The molecule has 0 aromatic heterocycles. The van der Waals surface area contributed by atoms with E-state index in [-0.39, 0.29) is 12.8 Å². The van der Waals surface area contributed by atoms with Crippen molar-refractivity contribution in [2.45, 2.75) is 32.3 Å². The summed E-state index contributed by atoms with van der Waals surface area (Å²) in [7, 11) is 5.64. The summed E-state index contributed by atoms with van der Waals surface area (Å²) >= 11 is 0. The molecule has 2 atom stereocenters. The SMILES string of the molecule is CC(CCC=O)C(=O)OC(CC(=O)[O-])C[N+](C)(C)C. The summed E-state index contributed by atoms with van der Waals surface area (Å²) in [6.07, 6.45) is 0.411. The van der Waals surface area contributed by atoms with Gasteiger partial charge in [-0.25, -0.2) is 0 Å². The Morgan fingerprint density at radius 1 is 1.32 bits per heavy atom. The summed E-state index contributed by atoms with van der Waals surface area (Å²) in [4.78, 5) is 32.7. The van der Waals surface area contributed by atoms with E-state index in [1.807, 2.05) is 21.1 Å². The lowest BCUT2D eigenvalue weighted by atomic mass is 10.1. The average Bonchev–Trinajstić information content (AvgIpc) is 2.22. The van der Waals surface area contributed by atoms with Crippen LogP contribution in [0.25, 0.3) is 0 Å². The summed E-state index contributed by atoms with van der Waals surface area (Å²) in [5.41, 5.74) is 0. The summed E-state index contributed by atoms with van der Waals surface area (Å²) in [6.45, 7) is 2.05. The highest BCUT2D eigenvalue weighted by Gasteiger charge is 2.24. The highest BCUT2D eigenvalue weighted by Crippen LogP contribution is 2.11. The van der Waals surface area contributed by atoms with E-state index < -0.39 is 24.0 Å². The number of carbonyl (C=O) groups is 3. The first-order chi connectivity index (χ1) is 8.65. The van der Waals surface area contributed by atoms with Gasteiger partial charge in [-0.05, 0) is 6.42 Å². The van der Waals surface area contributed by atoms with Crippen molar-refractivity contribution in [3.05, 3.63) is 0 Å². The molecule has 0 fully saturated rings. The van der Waals surface area contributed by atoms with Crippen molar-refractivity contribution in [3.63, 3.8) is 0 Å². The van der Waals surface area contributed by atoms with E-state index in [1.54, 1.807) is 6.92 Å². The molecule has 110 valence electrons. The number of esters is 1.